The number of ketones is 1. The van der Waals surface area contributed by atoms with Gasteiger partial charge in [0, 0.05) is 34.6 Å². The van der Waals surface area contributed by atoms with E-state index in [0.29, 0.717) is 41.1 Å². The second-order valence-electron chi connectivity index (χ2n) is 8.79. The number of hydrogen-bond acceptors (Lipinski definition) is 5. The van der Waals surface area contributed by atoms with Gasteiger partial charge in [0.05, 0.1) is 28.3 Å². The first-order valence-electron chi connectivity index (χ1n) is 12.1. The molecule has 1 heterocycles. The molecular formula is C30H24FN3O2S. The summed E-state index contributed by atoms with van der Waals surface area (Å²) in [5.74, 6) is -1.47. The Bertz CT molecular complexity index is 1400. The monoisotopic (exact) mass is 509 g/mol. The number of amides is 1. The minimum absolute atomic E-state index is 0.0395. The van der Waals surface area contributed by atoms with Crippen molar-refractivity contribution in [1.29, 1.82) is 5.26 Å². The summed E-state index contributed by atoms with van der Waals surface area (Å²) < 4.78 is 14.9. The number of carbonyl (C=O) groups is 2. The second-order valence-corrected chi connectivity index (χ2v) is 9.78. The average Bonchev–Trinajstić information content (AvgIpc) is 2.93. The van der Waals surface area contributed by atoms with Crippen molar-refractivity contribution in [3.63, 3.8) is 0 Å². The molecule has 1 atom stereocenters. The molecule has 1 aliphatic heterocycles. The van der Waals surface area contributed by atoms with Crippen molar-refractivity contribution in [2.24, 2.45) is 0 Å². The quantitative estimate of drug-likeness (QED) is 0.419. The highest BCUT2D eigenvalue weighted by Gasteiger charge is 2.38. The maximum Gasteiger partial charge on any atom is 0.241 e. The molecule has 1 amide bonds. The van der Waals surface area contributed by atoms with Gasteiger partial charge in [0.2, 0.25) is 5.91 Å². The fraction of sp³-hybridized carbons (Fsp3) is 0.167. The van der Waals surface area contributed by atoms with E-state index in [1.807, 2.05) is 60.7 Å². The normalized spacial score (nSPS) is 17.1. The number of allylic oxidation sites excluding steroid dienone is 3. The van der Waals surface area contributed by atoms with E-state index in [0.717, 1.165) is 11.4 Å². The Balaban J connectivity index is 1.49. The first-order valence-corrected chi connectivity index (χ1v) is 13.0. The van der Waals surface area contributed by atoms with Gasteiger partial charge in [0.1, 0.15) is 5.82 Å². The zero-order valence-corrected chi connectivity index (χ0v) is 20.8. The Hall–Kier alpha value is -4.15. The molecule has 0 bridgehead atoms. The predicted molar refractivity (Wildman–Crippen MR) is 143 cm³/mol. The van der Waals surface area contributed by atoms with E-state index in [1.54, 1.807) is 23.1 Å². The molecule has 5 rings (SSSR count). The van der Waals surface area contributed by atoms with E-state index in [2.05, 4.69) is 11.4 Å². The van der Waals surface area contributed by atoms with E-state index in [4.69, 9.17) is 0 Å². The van der Waals surface area contributed by atoms with Crippen molar-refractivity contribution in [2.75, 3.05) is 10.7 Å². The molecule has 3 aromatic carbocycles. The molecule has 0 spiro atoms. The minimum Gasteiger partial charge on any atom is -0.352 e. The van der Waals surface area contributed by atoms with Gasteiger partial charge in [-0.2, -0.15) is 5.26 Å². The van der Waals surface area contributed by atoms with Crippen LogP contribution in [0.1, 0.15) is 30.7 Å². The highest BCUT2D eigenvalue weighted by molar-refractivity contribution is 8.03. The van der Waals surface area contributed by atoms with Gasteiger partial charge in [-0.25, -0.2) is 4.39 Å². The van der Waals surface area contributed by atoms with E-state index in [-0.39, 0.29) is 23.0 Å². The lowest BCUT2D eigenvalue weighted by atomic mass is 9.76. The third-order valence-corrected chi connectivity index (χ3v) is 7.50. The first kappa shape index (κ1) is 24.5. The van der Waals surface area contributed by atoms with Crippen LogP contribution in [0.4, 0.5) is 15.8 Å². The molecule has 0 aromatic heterocycles. The number of para-hydroxylation sites is 2. The molecule has 0 unspecified atom stereocenters. The fourth-order valence-corrected chi connectivity index (χ4v) is 5.76. The number of Topliss-reactive ketones (excluding diaryl/α,β-unsaturated/α-hetero) is 1. The Morgan fingerprint density at radius 3 is 2.22 bits per heavy atom. The number of carbonyl (C=O) groups excluding carboxylic acids is 2. The summed E-state index contributed by atoms with van der Waals surface area (Å²) in [7, 11) is 0. The number of hydrogen-bond donors (Lipinski definition) is 1. The first-order chi connectivity index (χ1) is 18.1. The number of anilines is 2. The SMILES string of the molecule is N#CC1=C(SCC(=O)N(c2ccccc2)c2ccccc2)NC2=C(C(=O)CCC2)[C@@H]1c1ccccc1F. The van der Waals surface area contributed by atoms with Crippen LogP contribution in [0.2, 0.25) is 0 Å². The van der Waals surface area contributed by atoms with Crippen LogP contribution in [0, 0.1) is 17.1 Å². The number of nitrogens with one attached hydrogen (secondary N) is 1. The van der Waals surface area contributed by atoms with Gasteiger partial charge < -0.3 is 5.32 Å². The van der Waals surface area contributed by atoms with E-state index >= 15 is 0 Å². The Morgan fingerprint density at radius 2 is 1.59 bits per heavy atom. The second kappa shape index (κ2) is 10.9. The van der Waals surface area contributed by atoms with Crippen LogP contribution < -0.4 is 10.2 Å². The summed E-state index contributed by atoms with van der Waals surface area (Å²) in [5, 5.41) is 13.9. The average molecular weight is 510 g/mol. The maximum absolute atomic E-state index is 14.9. The number of nitrogens with zero attached hydrogens (tertiary/aromatic N) is 2. The lowest BCUT2D eigenvalue weighted by Gasteiger charge is -2.33. The number of dihydropyridines is 1. The van der Waals surface area contributed by atoms with Crippen LogP contribution in [0.25, 0.3) is 0 Å². The van der Waals surface area contributed by atoms with Crippen molar-refractivity contribution in [3.05, 3.63) is 118 Å². The lowest BCUT2D eigenvalue weighted by Crippen LogP contribution is -2.33. The molecule has 1 N–H and O–H groups in total. The Morgan fingerprint density at radius 1 is 0.973 bits per heavy atom. The zero-order valence-electron chi connectivity index (χ0n) is 20.0. The Kier molecular flexibility index (Phi) is 7.20. The Labute approximate surface area is 219 Å². The molecule has 0 saturated carbocycles. The molecule has 5 nitrogen and oxygen atoms in total. The summed E-state index contributed by atoms with van der Waals surface area (Å²) in [6, 6.07) is 27.2. The molecule has 2 aliphatic rings. The largest absolute Gasteiger partial charge is 0.352 e. The molecular weight excluding hydrogens is 485 g/mol. The molecule has 184 valence electrons. The molecule has 0 saturated heterocycles. The van der Waals surface area contributed by atoms with Crippen LogP contribution >= 0.6 is 11.8 Å². The van der Waals surface area contributed by atoms with E-state index < -0.39 is 11.7 Å². The smallest absolute Gasteiger partial charge is 0.241 e. The highest BCUT2D eigenvalue weighted by atomic mass is 32.2. The number of halogens is 1. The lowest BCUT2D eigenvalue weighted by molar-refractivity contribution is -0.116. The van der Waals surface area contributed by atoms with Crippen LogP contribution in [-0.4, -0.2) is 17.4 Å². The zero-order chi connectivity index (χ0) is 25.8. The molecule has 3 aromatic rings. The minimum atomic E-state index is -0.799. The molecule has 37 heavy (non-hydrogen) atoms. The van der Waals surface area contributed by atoms with Gasteiger partial charge >= 0.3 is 0 Å². The van der Waals surface area contributed by atoms with Gasteiger partial charge in [-0.1, -0.05) is 66.4 Å². The topological polar surface area (TPSA) is 73.2 Å². The molecule has 1 aliphatic carbocycles. The van der Waals surface area contributed by atoms with Crippen molar-refractivity contribution in [1.82, 2.24) is 5.32 Å². The van der Waals surface area contributed by atoms with Crippen molar-refractivity contribution < 1.29 is 14.0 Å². The van der Waals surface area contributed by atoms with E-state index in [1.165, 1.54) is 17.8 Å². The van der Waals surface area contributed by atoms with Crippen LogP contribution in [0.3, 0.4) is 0 Å². The number of nitriles is 1. The predicted octanol–water partition coefficient (Wildman–Crippen LogP) is 6.35. The van der Waals surface area contributed by atoms with Crippen molar-refractivity contribution in [2.45, 2.75) is 25.2 Å². The standard InChI is InChI=1S/C30H24FN3O2S/c31-24-15-8-7-14-22(24)28-23(18-32)30(33-25-16-9-17-26(35)29(25)28)37-19-27(36)34(20-10-3-1-4-11-20)21-12-5-2-6-13-21/h1-8,10-15,28,33H,9,16-17,19H2/t28-/m1/s1. The van der Waals surface area contributed by atoms with Crippen molar-refractivity contribution in [3.8, 4) is 6.07 Å². The number of thioether (sulfide) groups is 1. The van der Waals surface area contributed by atoms with Gasteiger partial charge in [0.15, 0.2) is 5.78 Å². The molecule has 7 heteroatoms. The van der Waals surface area contributed by atoms with Gasteiger partial charge in [0.25, 0.3) is 0 Å². The fourth-order valence-electron chi connectivity index (χ4n) is 4.85. The third kappa shape index (κ3) is 4.93. The summed E-state index contributed by atoms with van der Waals surface area (Å²) in [5.41, 5.74) is 3.18. The van der Waals surface area contributed by atoms with Gasteiger partial charge in [-0.05, 0) is 43.2 Å². The molecule has 0 fully saturated rings. The van der Waals surface area contributed by atoms with Crippen LogP contribution in [-0.2, 0) is 9.59 Å². The van der Waals surface area contributed by atoms with Gasteiger partial charge in [-0.15, -0.1) is 0 Å². The highest BCUT2D eigenvalue weighted by Crippen LogP contribution is 2.44. The number of benzene rings is 3. The van der Waals surface area contributed by atoms with Gasteiger partial charge in [-0.3, -0.25) is 14.5 Å². The number of rotatable bonds is 6. The molecule has 0 radical (unpaired) electrons. The maximum atomic E-state index is 14.9. The van der Waals surface area contributed by atoms with Crippen LogP contribution in [0.5, 0.6) is 0 Å². The van der Waals surface area contributed by atoms with Crippen LogP contribution in [0.15, 0.2) is 107 Å². The third-order valence-electron chi connectivity index (χ3n) is 6.50. The van der Waals surface area contributed by atoms with Crippen molar-refractivity contribution >= 4 is 34.8 Å². The van der Waals surface area contributed by atoms with E-state index in [9.17, 15) is 19.2 Å². The summed E-state index contributed by atoms with van der Waals surface area (Å²) in [4.78, 5) is 28.2. The summed E-state index contributed by atoms with van der Waals surface area (Å²) in [6.07, 6.45) is 1.68. The summed E-state index contributed by atoms with van der Waals surface area (Å²) >= 11 is 1.20. The summed E-state index contributed by atoms with van der Waals surface area (Å²) in [6.45, 7) is 0.